The Morgan fingerprint density at radius 1 is 1.12 bits per heavy atom. The van der Waals surface area contributed by atoms with Crippen molar-refractivity contribution in [1.29, 1.82) is 0 Å². The number of ketones is 1. The molecule has 132 valence electrons. The summed E-state index contributed by atoms with van der Waals surface area (Å²) >= 11 is 0. The number of rotatable bonds is 3. The maximum absolute atomic E-state index is 13.5. The lowest BCUT2D eigenvalue weighted by Gasteiger charge is -2.30. The molecule has 2 aromatic carbocycles. The number of methoxy groups -OCH3 is 1. The van der Waals surface area contributed by atoms with Crippen LogP contribution in [0.4, 0.5) is 10.1 Å². The number of benzene rings is 2. The van der Waals surface area contributed by atoms with E-state index in [1.165, 1.54) is 17.5 Å². The Hall–Kier alpha value is -2.41. The van der Waals surface area contributed by atoms with Gasteiger partial charge in [0, 0.05) is 18.5 Å². The lowest BCUT2D eigenvalue weighted by Crippen LogP contribution is -2.37. The van der Waals surface area contributed by atoms with E-state index < -0.39 is 15.8 Å². The molecule has 0 saturated carbocycles. The predicted octanol–water partition coefficient (Wildman–Crippen LogP) is 3.23. The highest BCUT2D eigenvalue weighted by atomic mass is 32.2. The van der Waals surface area contributed by atoms with Crippen LogP contribution in [0.25, 0.3) is 0 Å². The van der Waals surface area contributed by atoms with E-state index in [0.717, 1.165) is 12.1 Å². The Labute approximate surface area is 146 Å². The quantitative estimate of drug-likeness (QED) is 0.840. The number of hydrogen-bond donors (Lipinski definition) is 0. The number of nitrogens with zero attached hydrogens (tertiary/aromatic N) is 1. The third kappa shape index (κ3) is 2.89. The number of hydrogen-bond acceptors (Lipinski definition) is 4. The molecule has 0 aliphatic carbocycles. The van der Waals surface area contributed by atoms with Crippen molar-refractivity contribution < 1.29 is 22.3 Å². The van der Waals surface area contributed by atoms with E-state index in [2.05, 4.69) is 0 Å². The number of ether oxygens (including phenoxy) is 1. The largest absolute Gasteiger partial charge is 0.496 e. The first-order chi connectivity index (χ1) is 11.8. The van der Waals surface area contributed by atoms with Gasteiger partial charge in [-0.3, -0.25) is 9.10 Å². The van der Waals surface area contributed by atoms with Crippen LogP contribution < -0.4 is 9.04 Å². The zero-order chi connectivity index (χ0) is 18.4. The lowest BCUT2D eigenvalue weighted by atomic mass is 10.0. The third-order valence-electron chi connectivity index (χ3n) is 4.33. The smallest absolute Gasteiger partial charge is 0.264 e. The Kier molecular flexibility index (Phi) is 4.28. The molecule has 0 bridgehead atoms. The highest BCUT2D eigenvalue weighted by molar-refractivity contribution is 7.93. The number of carbonyl (C=O) groups excluding carboxylic acids is 1. The first kappa shape index (κ1) is 17.4. The van der Waals surface area contributed by atoms with Gasteiger partial charge in [0.05, 0.1) is 17.7 Å². The minimum atomic E-state index is -3.89. The molecule has 25 heavy (non-hydrogen) atoms. The molecule has 0 spiro atoms. The van der Waals surface area contributed by atoms with Gasteiger partial charge in [-0.1, -0.05) is 0 Å². The average Bonchev–Trinajstić information content (AvgIpc) is 2.57. The SMILES string of the molecule is COc1cc(C)c(S(=O)(=O)N2CCC(=O)c3cc(F)ccc32)cc1C. The van der Waals surface area contributed by atoms with Crippen LogP contribution in [-0.2, 0) is 10.0 Å². The van der Waals surface area contributed by atoms with E-state index >= 15 is 0 Å². The number of sulfonamides is 1. The van der Waals surface area contributed by atoms with E-state index in [-0.39, 0.29) is 34.9 Å². The molecular formula is C18H18FNO4S. The molecule has 1 aliphatic heterocycles. The van der Waals surface area contributed by atoms with Gasteiger partial charge in [-0.2, -0.15) is 0 Å². The Bertz CT molecular complexity index is 969. The van der Waals surface area contributed by atoms with E-state index in [9.17, 15) is 17.6 Å². The molecular weight excluding hydrogens is 345 g/mol. The molecule has 0 aromatic heterocycles. The summed E-state index contributed by atoms with van der Waals surface area (Å²) in [5, 5.41) is 0. The zero-order valence-corrected chi connectivity index (χ0v) is 15.0. The summed E-state index contributed by atoms with van der Waals surface area (Å²) in [7, 11) is -2.36. The Balaban J connectivity index is 2.15. The van der Waals surface area contributed by atoms with Crippen molar-refractivity contribution in [2.75, 3.05) is 18.0 Å². The molecule has 0 radical (unpaired) electrons. The van der Waals surface area contributed by atoms with Gasteiger partial charge < -0.3 is 4.74 Å². The fraction of sp³-hybridized carbons (Fsp3) is 0.278. The fourth-order valence-corrected chi connectivity index (χ4v) is 4.82. The summed E-state index contributed by atoms with van der Waals surface area (Å²) < 4.78 is 46.3. The van der Waals surface area contributed by atoms with E-state index in [1.54, 1.807) is 26.0 Å². The highest BCUT2D eigenvalue weighted by Crippen LogP contribution is 2.35. The topological polar surface area (TPSA) is 63.7 Å². The molecule has 3 rings (SSSR count). The van der Waals surface area contributed by atoms with Gasteiger partial charge in [-0.05, 0) is 55.3 Å². The van der Waals surface area contributed by atoms with Crippen molar-refractivity contribution >= 4 is 21.5 Å². The van der Waals surface area contributed by atoms with Crippen LogP contribution in [0.5, 0.6) is 5.75 Å². The summed E-state index contributed by atoms with van der Waals surface area (Å²) in [5.41, 5.74) is 1.55. The van der Waals surface area contributed by atoms with Crippen LogP contribution >= 0.6 is 0 Å². The van der Waals surface area contributed by atoms with Gasteiger partial charge in [0.15, 0.2) is 5.78 Å². The zero-order valence-electron chi connectivity index (χ0n) is 14.2. The normalized spacial score (nSPS) is 14.4. The second-order valence-corrected chi connectivity index (χ2v) is 7.83. The molecule has 2 aromatic rings. The molecule has 1 heterocycles. The van der Waals surface area contributed by atoms with Gasteiger partial charge >= 0.3 is 0 Å². The summed E-state index contributed by atoms with van der Waals surface area (Å²) in [5.74, 6) is -0.223. The van der Waals surface area contributed by atoms with Crippen molar-refractivity contribution in [3.8, 4) is 5.75 Å². The fourth-order valence-electron chi connectivity index (χ4n) is 3.04. The standard InChI is InChI=1S/C18H18FNO4S/c1-11-9-18(12(2)8-17(11)24-3)25(22,23)20-7-6-16(21)14-10-13(19)4-5-15(14)20/h4-5,8-10H,6-7H2,1-3H3. The van der Waals surface area contributed by atoms with Gasteiger partial charge in [-0.25, -0.2) is 12.8 Å². The second-order valence-electron chi connectivity index (χ2n) is 6.00. The minimum absolute atomic E-state index is 0.0177. The number of fused-ring (bicyclic) bond motifs is 1. The Morgan fingerprint density at radius 2 is 1.84 bits per heavy atom. The monoisotopic (exact) mass is 363 g/mol. The van der Waals surface area contributed by atoms with Crippen molar-refractivity contribution in [2.24, 2.45) is 0 Å². The van der Waals surface area contributed by atoms with Crippen LogP contribution in [0.15, 0.2) is 35.2 Å². The van der Waals surface area contributed by atoms with Crippen LogP contribution in [0, 0.1) is 19.7 Å². The van der Waals surface area contributed by atoms with Gasteiger partial charge in [0.2, 0.25) is 0 Å². The lowest BCUT2D eigenvalue weighted by molar-refractivity contribution is 0.0981. The third-order valence-corrected chi connectivity index (χ3v) is 6.29. The molecule has 0 atom stereocenters. The average molecular weight is 363 g/mol. The maximum atomic E-state index is 13.5. The summed E-state index contributed by atoms with van der Waals surface area (Å²) in [6.45, 7) is 3.49. The van der Waals surface area contributed by atoms with Crippen LogP contribution in [-0.4, -0.2) is 27.9 Å². The number of Topliss-reactive ketones (excluding diaryl/α,β-unsaturated/α-hetero) is 1. The number of anilines is 1. The van der Waals surface area contributed by atoms with E-state index in [4.69, 9.17) is 4.74 Å². The predicted molar refractivity (Wildman–Crippen MR) is 92.3 cm³/mol. The first-order valence-corrected chi connectivity index (χ1v) is 9.20. The number of carbonyl (C=O) groups is 1. The summed E-state index contributed by atoms with van der Waals surface area (Å²) in [6.07, 6.45) is 0.0177. The van der Waals surface area contributed by atoms with Gasteiger partial charge in [-0.15, -0.1) is 0 Å². The molecule has 0 N–H and O–H groups in total. The maximum Gasteiger partial charge on any atom is 0.264 e. The second kappa shape index (κ2) is 6.15. The van der Waals surface area contributed by atoms with Crippen LogP contribution in [0.1, 0.15) is 27.9 Å². The molecule has 0 amide bonds. The highest BCUT2D eigenvalue weighted by Gasteiger charge is 2.33. The molecule has 5 nitrogen and oxygen atoms in total. The molecule has 0 fully saturated rings. The van der Waals surface area contributed by atoms with Crippen molar-refractivity contribution in [1.82, 2.24) is 0 Å². The van der Waals surface area contributed by atoms with Crippen molar-refractivity contribution in [3.05, 3.63) is 52.8 Å². The van der Waals surface area contributed by atoms with Crippen molar-refractivity contribution in [3.63, 3.8) is 0 Å². The summed E-state index contributed by atoms with van der Waals surface area (Å²) in [6, 6.07) is 6.81. The Morgan fingerprint density at radius 3 is 2.52 bits per heavy atom. The van der Waals surface area contributed by atoms with Crippen molar-refractivity contribution in [2.45, 2.75) is 25.2 Å². The molecule has 1 aliphatic rings. The molecule has 7 heteroatoms. The minimum Gasteiger partial charge on any atom is -0.496 e. The molecule has 0 saturated heterocycles. The van der Waals surface area contributed by atoms with E-state index in [0.29, 0.717) is 16.9 Å². The number of aryl methyl sites for hydroxylation is 2. The number of halogens is 1. The van der Waals surface area contributed by atoms with Gasteiger partial charge in [0.25, 0.3) is 10.0 Å². The van der Waals surface area contributed by atoms with E-state index in [1.807, 2.05) is 0 Å². The first-order valence-electron chi connectivity index (χ1n) is 7.76. The van der Waals surface area contributed by atoms with Crippen LogP contribution in [0.3, 0.4) is 0 Å². The van der Waals surface area contributed by atoms with Crippen LogP contribution in [0.2, 0.25) is 0 Å². The summed E-state index contributed by atoms with van der Waals surface area (Å²) in [4.78, 5) is 12.2. The van der Waals surface area contributed by atoms with Gasteiger partial charge in [0.1, 0.15) is 11.6 Å². The molecule has 0 unspecified atom stereocenters.